The average molecular weight is 537 g/mol. The molecule has 0 heterocycles. The van der Waals surface area contributed by atoms with Gasteiger partial charge in [-0.3, -0.25) is 0 Å². The third-order valence-electron chi connectivity index (χ3n) is 10.7. The number of methoxy groups -OCH3 is 2. The Balaban J connectivity index is 1.36. The molecule has 6 aliphatic carbocycles. The summed E-state index contributed by atoms with van der Waals surface area (Å²) >= 11 is 0. The number of esters is 2. The van der Waals surface area contributed by atoms with Gasteiger partial charge >= 0.3 is 11.9 Å². The standard InChI is InChI=1S/C37H28O4/c1-40-36(38)21-13-9-19(10-14-21)28-30-23-7-3-5-18-6-4-8-24(27(18)23)31(30)29(20-11-15-22(16-12-20)37(39)41-2)33-25-17-26-34(32(25)28)35(26)33/h3-16,25-26,32-35H,17H2,1-2H3/t25?,26?,32-,33+,34?,35?. The van der Waals surface area contributed by atoms with Gasteiger partial charge < -0.3 is 9.47 Å². The van der Waals surface area contributed by atoms with Crippen LogP contribution in [0.1, 0.15) is 49.4 Å². The van der Waals surface area contributed by atoms with Gasteiger partial charge in [0.15, 0.2) is 0 Å². The van der Waals surface area contributed by atoms with Crippen LogP contribution in [0.4, 0.5) is 0 Å². The van der Waals surface area contributed by atoms with Crippen molar-refractivity contribution < 1.29 is 19.1 Å². The van der Waals surface area contributed by atoms with Crippen LogP contribution in [0, 0.1) is 35.5 Å². The summed E-state index contributed by atoms with van der Waals surface area (Å²) in [5.74, 6) is 3.19. The normalized spacial score (nSPS) is 27.7. The van der Waals surface area contributed by atoms with E-state index in [1.807, 2.05) is 24.3 Å². The van der Waals surface area contributed by atoms with Gasteiger partial charge in [0, 0.05) is 0 Å². The van der Waals surface area contributed by atoms with Crippen LogP contribution in [-0.4, -0.2) is 26.2 Å². The number of hydrogen-bond donors (Lipinski definition) is 0. The first-order valence-corrected chi connectivity index (χ1v) is 14.5. The number of ether oxygens (including phenoxy) is 2. The molecule has 4 fully saturated rings. The van der Waals surface area contributed by atoms with E-state index in [4.69, 9.17) is 9.47 Å². The minimum Gasteiger partial charge on any atom is -0.465 e. The first-order valence-electron chi connectivity index (χ1n) is 14.5. The summed E-state index contributed by atoms with van der Waals surface area (Å²) in [5.41, 5.74) is 11.8. The Morgan fingerprint density at radius 2 is 1.07 bits per heavy atom. The number of allylic oxidation sites excluding steroid dienone is 4. The van der Waals surface area contributed by atoms with Crippen LogP contribution in [0.15, 0.2) is 84.9 Å². The summed E-state index contributed by atoms with van der Waals surface area (Å²) in [5, 5.41) is 2.59. The fourth-order valence-corrected chi connectivity index (χ4v) is 9.37. The lowest BCUT2D eigenvalue weighted by Gasteiger charge is -2.24. The highest BCUT2D eigenvalue weighted by molar-refractivity contribution is 6.33. The second-order valence-corrected chi connectivity index (χ2v) is 12.2. The zero-order valence-electron chi connectivity index (χ0n) is 22.9. The molecule has 4 saturated carbocycles. The SMILES string of the molecule is COC(=O)c1ccc(C2=C3C(=C(c4ccc(C(=O)OC)cc4)[C@H]4C5C6CC4[C@H]2C65)c2cccc4cccc3c24)cc1. The Morgan fingerprint density at radius 3 is 1.49 bits per heavy atom. The Kier molecular flexibility index (Phi) is 4.58. The molecule has 0 aliphatic heterocycles. The minimum atomic E-state index is -0.308. The van der Waals surface area contributed by atoms with E-state index in [0.717, 1.165) is 5.92 Å². The maximum atomic E-state index is 12.3. The molecule has 6 bridgehead atoms. The van der Waals surface area contributed by atoms with Gasteiger partial charge in [-0.25, -0.2) is 9.59 Å². The third kappa shape index (κ3) is 2.90. The lowest BCUT2D eigenvalue weighted by atomic mass is 9.80. The molecule has 0 radical (unpaired) electrons. The van der Waals surface area contributed by atoms with E-state index in [2.05, 4.69) is 60.7 Å². The van der Waals surface area contributed by atoms with Gasteiger partial charge in [0.05, 0.1) is 25.3 Å². The molecule has 200 valence electrons. The lowest BCUT2D eigenvalue weighted by molar-refractivity contribution is 0.0592. The van der Waals surface area contributed by atoms with Crippen LogP contribution in [-0.2, 0) is 9.47 Å². The fraction of sp³-hybridized carbons (Fsp3) is 0.243. The number of fused-ring (bicyclic) bond motifs is 3. The second kappa shape index (κ2) is 8.07. The van der Waals surface area contributed by atoms with Crippen molar-refractivity contribution in [2.24, 2.45) is 35.5 Å². The lowest BCUT2D eigenvalue weighted by Crippen LogP contribution is -2.14. The topological polar surface area (TPSA) is 52.6 Å². The molecule has 4 nitrogen and oxygen atoms in total. The zero-order valence-corrected chi connectivity index (χ0v) is 22.9. The molecule has 4 aromatic rings. The highest BCUT2D eigenvalue weighted by Gasteiger charge is 2.75. The van der Waals surface area contributed by atoms with Crippen molar-refractivity contribution in [3.05, 3.63) is 118 Å². The van der Waals surface area contributed by atoms with Crippen molar-refractivity contribution in [2.75, 3.05) is 14.2 Å². The van der Waals surface area contributed by atoms with Gasteiger partial charge in [-0.2, -0.15) is 0 Å². The molecule has 0 N–H and O–H groups in total. The molecule has 6 aliphatic rings. The van der Waals surface area contributed by atoms with Crippen molar-refractivity contribution in [1.29, 1.82) is 0 Å². The number of carbonyl (C=O) groups excluding carboxylic acids is 2. The molecule has 4 unspecified atom stereocenters. The van der Waals surface area contributed by atoms with Gasteiger partial charge in [0.2, 0.25) is 0 Å². The van der Waals surface area contributed by atoms with Crippen molar-refractivity contribution >= 4 is 45.0 Å². The Bertz CT molecular complexity index is 1760. The Labute approximate surface area is 238 Å². The number of benzene rings is 4. The van der Waals surface area contributed by atoms with Crippen molar-refractivity contribution in [3.8, 4) is 0 Å². The average Bonchev–Trinajstić information content (AvgIpc) is 3.28. The molecule has 0 amide bonds. The van der Waals surface area contributed by atoms with Crippen LogP contribution < -0.4 is 0 Å². The summed E-state index contributed by atoms with van der Waals surface area (Å²) < 4.78 is 9.99. The predicted octanol–water partition coefficient (Wildman–Crippen LogP) is 7.39. The highest BCUT2D eigenvalue weighted by Crippen LogP contribution is 2.82. The van der Waals surface area contributed by atoms with Gasteiger partial charge in [-0.15, -0.1) is 0 Å². The van der Waals surface area contributed by atoms with E-state index in [1.54, 1.807) is 0 Å². The first-order chi connectivity index (χ1) is 20.1. The molecule has 0 aromatic heterocycles. The molecule has 4 aromatic carbocycles. The first kappa shape index (κ1) is 23.3. The molecule has 41 heavy (non-hydrogen) atoms. The Morgan fingerprint density at radius 1 is 0.610 bits per heavy atom. The molecule has 0 saturated heterocycles. The predicted molar refractivity (Wildman–Crippen MR) is 159 cm³/mol. The summed E-state index contributed by atoms with van der Waals surface area (Å²) in [7, 11) is 2.86. The molecular formula is C37H28O4. The number of hydrogen-bond acceptors (Lipinski definition) is 4. The maximum absolute atomic E-state index is 12.3. The molecule has 6 atom stereocenters. The van der Waals surface area contributed by atoms with Crippen LogP contribution in [0.2, 0.25) is 0 Å². The maximum Gasteiger partial charge on any atom is 0.337 e. The van der Waals surface area contributed by atoms with Gasteiger partial charge in [0.1, 0.15) is 0 Å². The van der Waals surface area contributed by atoms with Crippen molar-refractivity contribution in [2.45, 2.75) is 6.42 Å². The van der Waals surface area contributed by atoms with Crippen molar-refractivity contribution in [1.82, 2.24) is 0 Å². The molecule has 0 spiro atoms. The van der Waals surface area contributed by atoms with Crippen LogP contribution in [0.3, 0.4) is 0 Å². The minimum absolute atomic E-state index is 0.308. The number of carbonyl (C=O) groups is 2. The van der Waals surface area contributed by atoms with E-state index in [-0.39, 0.29) is 11.9 Å². The largest absolute Gasteiger partial charge is 0.465 e. The summed E-state index contributed by atoms with van der Waals surface area (Å²) in [6.45, 7) is 0. The van der Waals surface area contributed by atoms with Crippen LogP contribution in [0.5, 0.6) is 0 Å². The third-order valence-corrected chi connectivity index (χ3v) is 10.7. The summed E-state index contributed by atoms with van der Waals surface area (Å²) in [6.07, 6.45) is 1.28. The van der Waals surface area contributed by atoms with Crippen LogP contribution in [0.25, 0.3) is 33.1 Å². The molecule has 10 rings (SSSR count). The van der Waals surface area contributed by atoms with E-state index in [1.165, 1.54) is 76.0 Å². The fourth-order valence-electron chi connectivity index (χ4n) is 9.37. The quantitative estimate of drug-likeness (QED) is 0.255. The number of rotatable bonds is 4. The van der Waals surface area contributed by atoms with Crippen molar-refractivity contribution in [3.63, 3.8) is 0 Å². The van der Waals surface area contributed by atoms with E-state index in [9.17, 15) is 9.59 Å². The molecule has 4 heteroatoms. The summed E-state index contributed by atoms with van der Waals surface area (Å²) in [4.78, 5) is 24.5. The van der Waals surface area contributed by atoms with Gasteiger partial charge in [-0.05, 0) is 122 Å². The van der Waals surface area contributed by atoms with Gasteiger partial charge in [-0.1, -0.05) is 60.7 Å². The van der Waals surface area contributed by atoms with E-state index in [0.29, 0.717) is 40.7 Å². The Hall–Kier alpha value is -4.44. The highest BCUT2D eigenvalue weighted by atomic mass is 16.5. The monoisotopic (exact) mass is 536 g/mol. The van der Waals surface area contributed by atoms with Crippen LogP contribution >= 0.6 is 0 Å². The summed E-state index contributed by atoms with van der Waals surface area (Å²) in [6, 6.07) is 29.6. The van der Waals surface area contributed by atoms with Gasteiger partial charge in [0.25, 0.3) is 0 Å². The van der Waals surface area contributed by atoms with E-state index >= 15 is 0 Å². The molecular weight excluding hydrogens is 508 g/mol. The second-order valence-electron chi connectivity index (χ2n) is 12.2. The van der Waals surface area contributed by atoms with E-state index < -0.39 is 0 Å². The zero-order chi connectivity index (χ0) is 27.6. The smallest absolute Gasteiger partial charge is 0.337 e.